The number of anilines is 1. The summed E-state index contributed by atoms with van der Waals surface area (Å²) in [6.07, 6.45) is 0. The van der Waals surface area contributed by atoms with Crippen LogP contribution < -0.4 is 5.32 Å². The second-order valence-corrected chi connectivity index (χ2v) is 6.08. The number of nitrogens with zero attached hydrogens (tertiary/aromatic N) is 1. The maximum absolute atomic E-state index is 11.9. The molecule has 1 amide bonds. The molecule has 17 heavy (non-hydrogen) atoms. The van der Waals surface area contributed by atoms with Crippen molar-refractivity contribution < 1.29 is 4.79 Å². The Balaban J connectivity index is 1.99. The van der Waals surface area contributed by atoms with Crippen molar-refractivity contribution >= 4 is 35.1 Å². The number of nitrogens with one attached hydrogen (secondary N) is 1. The number of rotatable bonds is 2. The Morgan fingerprint density at radius 2 is 2.35 bits per heavy atom. The van der Waals surface area contributed by atoms with Crippen LogP contribution in [0.1, 0.15) is 5.56 Å². The van der Waals surface area contributed by atoms with Crippen molar-refractivity contribution in [1.82, 2.24) is 0 Å². The highest BCUT2D eigenvalue weighted by Crippen LogP contribution is 2.25. The Morgan fingerprint density at radius 3 is 3.06 bits per heavy atom. The van der Waals surface area contributed by atoms with E-state index in [1.165, 1.54) is 0 Å². The first-order valence-corrected chi connectivity index (χ1v) is 7.50. The van der Waals surface area contributed by atoms with E-state index in [4.69, 9.17) is 5.26 Å². The molecule has 1 atom stereocenters. The molecule has 1 aromatic rings. The van der Waals surface area contributed by atoms with E-state index in [-0.39, 0.29) is 11.2 Å². The lowest BCUT2D eigenvalue weighted by molar-refractivity contribution is -0.115. The molecule has 0 aliphatic carbocycles. The van der Waals surface area contributed by atoms with Crippen LogP contribution in [0.5, 0.6) is 0 Å². The molecule has 0 spiro atoms. The van der Waals surface area contributed by atoms with Crippen LogP contribution in [0, 0.1) is 11.3 Å². The minimum atomic E-state index is 0.0273. The normalized spacial score (nSPS) is 19.4. The first kappa shape index (κ1) is 12.3. The monoisotopic (exact) mass is 264 g/mol. The summed E-state index contributed by atoms with van der Waals surface area (Å²) in [6, 6.07) is 9.06. The van der Waals surface area contributed by atoms with Gasteiger partial charge in [0.05, 0.1) is 16.9 Å². The number of amides is 1. The second-order valence-electron chi connectivity index (χ2n) is 3.62. The number of nitriles is 1. The van der Waals surface area contributed by atoms with Crippen molar-refractivity contribution in [2.24, 2.45) is 0 Å². The smallest absolute Gasteiger partial charge is 0.238 e. The van der Waals surface area contributed by atoms with Crippen molar-refractivity contribution in [2.45, 2.75) is 5.25 Å². The quantitative estimate of drug-likeness (QED) is 0.891. The van der Waals surface area contributed by atoms with Gasteiger partial charge in [-0.25, -0.2) is 0 Å². The molecule has 1 fully saturated rings. The third-order valence-corrected chi connectivity index (χ3v) is 5.12. The fourth-order valence-corrected chi connectivity index (χ4v) is 4.09. The van der Waals surface area contributed by atoms with Gasteiger partial charge in [0.25, 0.3) is 0 Å². The van der Waals surface area contributed by atoms with Gasteiger partial charge in [-0.3, -0.25) is 4.79 Å². The highest BCUT2D eigenvalue weighted by atomic mass is 32.2. The van der Waals surface area contributed by atoms with Gasteiger partial charge in [0.2, 0.25) is 5.91 Å². The van der Waals surface area contributed by atoms with Crippen LogP contribution >= 0.6 is 23.5 Å². The zero-order valence-electron chi connectivity index (χ0n) is 9.18. The molecule has 0 saturated carbocycles. The molecule has 0 bridgehead atoms. The van der Waals surface area contributed by atoms with E-state index in [1.54, 1.807) is 36.0 Å². The SMILES string of the molecule is N#Cc1cccc(NC(=O)C2CSCCS2)c1. The molecule has 3 nitrogen and oxygen atoms in total. The number of benzene rings is 1. The standard InChI is InChI=1S/C12H12N2OS2/c13-7-9-2-1-3-10(6-9)14-12(15)11-8-16-4-5-17-11/h1-3,6,11H,4-5,8H2,(H,14,15). The number of hydrogen-bond acceptors (Lipinski definition) is 4. The Morgan fingerprint density at radius 1 is 1.47 bits per heavy atom. The molecule has 1 N–H and O–H groups in total. The first-order chi connectivity index (χ1) is 8.29. The van der Waals surface area contributed by atoms with Crippen molar-refractivity contribution in [3.8, 4) is 6.07 Å². The number of carbonyl (C=O) groups excluding carboxylic acids is 1. The van der Waals surface area contributed by atoms with Gasteiger partial charge in [-0.2, -0.15) is 17.0 Å². The van der Waals surface area contributed by atoms with Gasteiger partial charge in [0.1, 0.15) is 0 Å². The summed E-state index contributed by atoms with van der Waals surface area (Å²) in [6.45, 7) is 0. The summed E-state index contributed by atoms with van der Waals surface area (Å²) in [5, 5.41) is 11.7. The zero-order valence-corrected chi connectivity index (χ0v) is 10.8. The number of thioether (sulfide) groups is 2. The highest BCUT2D eigenvalue weighted by Gasteiger charge is 2.22. The Bertz CT molecular complexity index is 450. The maximum atomic E-state index is 11.9. The van der Waals surface area contributed by atoms with E-state index >= 15 is 0 Å². The average Bonchev–Trinajstić information content (AvgIpc) is 2.40. The molecule has 0 radical (unpaired) electrons. The van der Waals surface area contributed by atoms with E-state index in [0.29, 0.717) is 11.3 Å². The van der Waals surface area contributed by atoms with Crippen LogP contribution in [0.4, 0.5) is 5.69 Å². The fourth-order valence-electron chi connectivity index (χ4n) is 1.53. The zero-order chi connectivity index (χ0) is 12.1. The summed E-state index contributed by atoms with van der Waals surface area (Å²) < 4.78 is 0. The molecule has 88 valence electrons. The topological polar surface area (TPSA) is 52.9 Å². The summed E-state index contributed by atoms with van der Waals surface area (Å²) in [7, 11) is 0. The Kier molecular flexibility index (Phi) is 4.35. The van der Waals surface area contributed by atoms with E-state index in [2.05, 4.69) is 11.4 Å². The van der Waals surface area contributed by atoms with E-state index in [0.717, 1.165) is 17.3 Å². The molecule has 1 heterocycles. The molecule has 2 rings (SSSR count). The fraction of sp³-hybridized carbons (Fsp3) is 0.333. The van der Waals surface area contributed by atoms with Crippen molar-refractivity contribution in [3.63, 3.8) is 0 Å². The minimum absolute atomic E-state index is 0.0273. The molecule has 1 aliphatic rings. The van der Waals surface area contributed by atoms with Gasteiger partial charge in [0.15, 0.2) is 0 Å². The van der Waals surface area contributed by atoms with Crippen LogP contribution in [0.15, 0.2) is 24.3 Å². The first-order valence-electron chi connectivity index (χ1n) is 5.30. The van der Waals surface area contributed by atoms with Crippen molar-refractivity contribution in [2.75, 3.05) is 22.6 Å². The lowest BCUT2D eigenvalue weighted by atomic mass is 10.2. The number of carbonyl (C=O) groups is 1. The lowest BCUT2D eigenvalue weighted by Crippen LogP contribution is -2.30. The van der Waals surface area contributed by atoms with Gasteiger partial charge in [-0.05, 0) is 18.2 Å². The van der Waals surface area contributed by atoms with Crippen molar-refractivity contribution in [3.05, 3.63) is 29.8 Å². The third-order valence-electron chi connectivity index (χ3n) is 2.37. The molecule has 0 aromatic heterocycles. The largest absolute Gasteiger partial charge is 0.325 e. The van der Waals surface area contributed by atoms with Crippen LogP contribution in [-0.2, 0) is 4.79 Å². The van der Waals surface area contributed by atoms with Gasteiger partial charge in [0, 0.05) is 22.9 Å². The van der Waals surface area contributed by atoms with E-state index in [9.17, 15) is 4.79 Å². The second kappa shape index (κ2) is 5.99. The molecule has 1 unspecified atom stereocenters. The molecular formula is C12H12N2OS2. The number of hydrogen-bond donors (Lipinski definition) is 1. The van der Waals surface area contributed by atoms with E-state index in [1.807, 2.05) is 11.8 Å². The van der Waals surface area contributed by atoms with Crippen LogP contribution in [-0.4, -0.2) is 28.4 Å². The van der Waals surface area contributed by atoms with Gasteiger partial charge >= 0.3 is 0 Å². The Labute approximate surface area is 109 Å². The van der Waals surface area contributed by atoms with Gasteiger partial charge < -0.3 is 5.32 Å². The predicted octanol–water partition coefficient (Wildman–Crippen LogP) is 2.35. The summed E-state index contributed by atoms with van der Waals surface area (Å²) in [4.78, 5) is 11.9. The van der Waals surface area contributed by atoms with Gasteiger partial charge in [-0.1, -0.05) is 6.07 Å². The lowest BCUT2D eigenvalue weighted by Gasteiger charge is -2.20. The summed E-state index contributed by atoms with van der Waals surface area (Å²) in [5.74, 6) is 3.06. The van der Waals surface area contributed by atoms with Crippen LogP contribution in [0.25, 0.3) is 0 Å². The molecular weight excluding hydrogens is 252 g/mol. The molecule has 1 saturated heterocycles. The van der Waals surface area contributed by atoms with Crippen LogP contribution in [0.2, 0.25) is 0 Å². The van der Waals surface area contributed by atoms with Crippen LogP contribution in [0.3, 0.4) is 0 Å². The molecule has 1 aromatic carbocycles. The van der Waals surface area contributed by atoms with Gasteiger partial charge in [-0.15, -0.1) is 11.8 Å². The van der Waals surface area contributed by atoms with E-state index < -0.39 is 0 Å². The van der Waals surface area contributed by atoms with Crippen molar-refractivity contribution in [1.29, 1.82) is 5.26 Å². The Hall–Kier alpha value is -1.12. The molecule has 1 aliphatic heterocycles. The average molecular weight is 264 g/mol. The maximum Gasteiger partial charge on any atom is 0.238 e. The molecule has 5 heteroatoms. The predicted molar refractivity (Wildman–Crippen MR) is 73.4 cm³/mol. The third kappa shape index (κ3) is 3.42. The minimum Gasteiger partial charge on any atom is -0.325 e. The summed E-state index contributed by atoms with van der Waals surface area (Å²) >= 11 is 3.52. The summed E-state index contributed by atoms with van der Waals surface area (Å²) in [5.41, 5.74) is 1.26. The highest BCUT2D eigenvalue weighted by molar-refractivity contribution is 8.07.